The van der Waals surface area contributed by atoms with Crippen molar-refractivity contribution in [3.8, 4) is 0 Å². The summed E-state index contributed by atoms with van der Waals surface area (Å²) in [5.74, 6) is -0.0912. The summed E-state index contributed by atoms with van der Waals surface area (Å²) in [5.41, 5.74) is 0.989. The van der Waals surface area contributed by atoms with Gasteiger partial charge in [-0.05, 0) is 22.8 Å². The molecule has 0 bridgehead atoms. The third-order valence-corrected chi connectivity index (χ3v) is 5.85. The van der Waals surface area contributed by atoms with Crippen LogP contribution in [-0.4, -0.2) is 73.5 Å². The second kappa shape index (κ2) is 10.1. The van der Waals surface area contributed by atoms with E-state index in [1.165, 1.54) is 0 Å². The molecule has 2 aliphatic rings. The first kappa shape index (κ1) is 21.6. The summed E-state index contributed by atoms with van der Waals surface area (Å²) < 4.78 is 0. The van der Waals surface area contributed by atoms with Gasteiger partial charge in [0.25, 0.3) is 0 Å². The molecule has 0 spiro atoms. The fraction of sp³-hybridized carbons (Fsp3) is 0.455. The van der Waals surface area contributed by atoms with Crippen LogP contribution in [0.3, 0.4) is 0 Å². The molecule has 2 fully saturated rings. The van der Waals surface area contributed by atoms with Gasteiger partial charge in [-0.15, -0.1) is 12.4 Å². The molecule has 1 atom stereocenters. The lowest BCUT2D eigenvalue weighted by atomic mass is 10.0. The number of rotatable bonds is 5. The summed E-state index contributed by atoms with van der Waals surface area (Å²) in [6, 6.07) is 14.5. The molecule has 2 heterocycles. The second-order valence-corrected chi connectivity index (χ2v) is 7.66. The molecule has 4 rings (SSSR count). The number of halogens is 1. The number of amides is 2. The predicted octanol–water partition coefficient (Wildman–Crippen LogP) is 1.43. The van der Waals surface area contributed by atoms with Crippen molar-refractivity contribution in [2.75, 3.05) is 45.8 Å². The first-order valence-electron chi connectivity index (χ1n) is 10.2. The van der Waals surface area contributed by atoms with Crippen LogP contribution < -0.4 is 10.6 Å². The Labute approximate surface area is 178 Å². The van der Waals surface area contributed by atoms with E-state index in [-0.39, 0.29) is 37.2 Å². The van der Waals surface area contributed by atoms with E-state index in [0.29, 0.717) is 6.04 Å². The highest BCUT2D eigenvalue weighted by atomic mass is 35.5. The normalized spacial score (nSPS) is 19.7. The monoisotopic (exact) mass is 416 g/mol. The fourth-order valence-corrected chi connectivity index (χ4v) is 4.28. The smallest absolute Gasteiger partial charge is 0.242 e. The number of nitrogens with zero attached hydrogens (tertiary/aromatic N) is 2. The Hall–Kier alpha value is -2.15. The Bertz CT molecular complexity index is 848. The highest BCUT2D eigenvalue weighted by molar-refractivity contribution is 5.91. The quantitative estimate of drug-likeness (QED) is 0.773. The third kappa shape index (κ3) is 5.26. The van der Waals surface area contributed by atoms with Crippen LogP contribution in [0.4, 0.5) is 0 Å². The summed E-state index contributed by atoms with van der Waals surface area (Å²) in [6.45, 7) is 5.79. The standard InChI is InChI=1S/C22H28N4O2.ClH/c27-21(14-18-6-3-5-17-4-1-2-7-20(17)18)24-15-22(28)26-11-8-19(16-26)25-12-9-23-10-13-25;/h1-7,19,23H,8-16H2,(H,24,27);1H. The van der Waals surface area contributed by atoms with Crippen molar-refractivity contribution in [2.24, 2.45) is 0 Å². The van der Waals surface area contributed by atoms with Gasteiger partial charge >= 0.3 is 0 Å². The fourth-order valence-electron chi connectivity index (χ4n) is 4.28. The van der Waals surface area contributed by atoms with Crippen LogP contribution in [-0.2, 0) is 16.0 Å². The van der Waals surface area contributed by atoms with Crippen molar-refractivity contribution in [1.29, 1.82) is 0 Å². The van der Waals surface area contributed by atoms with E-state index in [1.54, 1.807) is 0 Å². The zero-order valence-electron chi connectivity index (χ0n) is 16.6. The topological polar surface area (TPSA) is 64.7 Å². The lowest BCUT2D eigenvalue weighted by molar-refractivity contribution is -0.132. The molecule has 0 saturated carbocycles. The van der Waals surface area contributed by atoms with Gasteiger partial charge < -0.3 is 15.5 Å². The summed E-state index contributed by atoms with van der Waals surface area (Å²) in [4.78, 5) is 29.3. The molecule has 156 valence electrons. The van der Waals surface area contributed by atoms with E-state index in [1.807, 2.05) is 47.4 Å². The molecule has 2 aliphatic heterocycles. The van der Waals surface area contributed by atoms with Gasteiger partial charge in [0.2, 0.25) is 11.8 Å². The van der Waals surface area contributed by atoms with Gasteiger partial charge in [0.15, 0.2) is 0 Å². The largest absolute Gasteiger partial charge is 0.347 e. The predicted molar refractivity (Wildman–Crippen MR) is 117 cm³/mol. The van der Waals surface area contributed by atoms with Crippen LogP contribution in [0, 0.1) is 0 Å². The number of carbonyl (C=O) groups excluding carboxylic acids is 2. The average molecular weight is 417 g/mol. The molecule has 0 radical (unpaired) electrons. The lowest BCUT2D eigenvalue weighted by Gasteiger charge is -2.32. The van der Waals surface area contributed by atoms with Crippen LogP contribution in [0.25, 0.3) is 10.8 Å². The Kier molecular flexibility index (Phi) is 7.47. The van der Waals surface area contributed by atoms with Crippen molar-refractivity contribution in [3.05, 3.63) is 48.0 Å². The number of likely N-dealkylation sites (tertiary alicyclic amines) is 1. The SMILES string of the molecule is Cl.O=C(Cc1cccc2ccccc12)NCC(=O)N1CCC(N2CCNCC2)C1. The number of benzene rings is 2. The Morgan fingerprint density at radius 2 is 1.79 bits per heavy atom. The van der Waals surface area contributed by atoms with Crippen LogP contribution >= 0.6 is 12.4 Å². The Morgan fingerprint density at radius 3 is 2.62 bits per heavy atom. The van der Waals surface area contributed by atoms with Crippen molar-refractivity contribution < 1.29 is 9.59 Å². The van der Waals surface area contributed by atoms with Crippen LogP contribution in [0.15, 0.2) is 42.5 Å². The van der Waals surface area contributed by atoms with Crippen molar-refractivity contribution >= 4 is 35.0 Å². The number of carbonyl (C=O) groups is 2. The first-order chi connectivity index (χ1) is 13.7. The zero-order valence-corrected chi connectivity index (χ0v) is 17.4. The highest BCUT2D eigenvalue weighted by Gasteiger charge is 2.30. The van der Waals surface area contributed by atoms with Crippen molar-refractivity contribution in [1.82, 2.24) is 20.4 Å². The zero-order chi connectivity index (χ0) is 19.3. The number of hydrogen-bond donors (Lipinski definition) is 2. The van der Waals surface area contributed by atoms with Crippen molar-refractivity contribution in [2.45, 2.75) is 18.9 Å². The number of hydrogen-bond acceptors (Lipinski definition) is 4. The first-order valence-corrected chi connectivity index (χ1v) is 10.2. The summed E-state index contributed by atoms with van der Waals surface area (Å²) in [5, 5.41) is 8.39. The molecule has 6 nitrogen and oxygen atoms in total. The molecule has 7 heteroatoms. The molecule has 2 saturated heterocycles. The highest BCUT2D eigenvalue weighted by Crippen LogP contribution is 2.19. The molecule has 2 aromatic rings. The minimum absolute atomic E-state index is 0. The summed E-state index contributed by atoms with van der Waals surface area (Å²) in [6.07, 6.45) is 1.31. The van der Waals surface area contributed by atoms with E-state index >= 15 is 0 Å². The Balaban J connectivity index is 0.00000240. The van der Waals surface area contributed by atoms with E-state index in [9.17, 15) is 9.59 Å². The number of nitrogens with one attached hydrogen (secondary N) is 2. The van der Waals surface area contributed by atoms with Gasteiger partial charge in [-0.25, -0.2) is 0 Å². The summed E-state index contributed by atoms with van der Waals surface area (Å²) in [7, 11) is 0. The maximum absolute atomic E-state index is 12.5. The number of fused-ring (bicyclic) bond motifs is 1. The minimum Gasteiger partial charge on any atom is -0.347 e. The molecule has 1 unspecified atom stereocenters. The third-order valence-electron chi connectivity index (χ3n) is 5.85. The minimum atomic E-state index is -0.109. The molecule has 2 amide bonds. The van der Waals surface area contributed by atoms with E-state index < -0.39 is 0 Å². The van der Waals surface area contributed by atoms with E-state index in [0.717, 1.165) is 62.0 Å². The van der Waals surface area contributed by atoms with Gasteiger partial charge in [0.05, 0.1) is 13.0 Å². The number of piperazine rings is 1. The molecule has 2 aromatic carbocycles. The maximum Gasteiger partial charge on any atom is 0.242 e. The van der Waals surface area contributed by atoms with Gasteiger partial charge in [0.1, 0.15) is 0 Å². The van der Waals surface area contributed by atoms with Gasteiger partial charge in [-0.2, -0.15) is 0 Å². The molecule has 0 aliphatic carbocycles. The lowest BCUT2D eigenvalue weighted by Crippen LogP contribution is -2.49. The molecule has 2 N–H and O–H groups in total. The van der Waals surface area contributed by atoms with Crippen LogP contribution in [0.1, 0.15) is 12.0 Å². The molecular formula is C22H29ClN4O2. The van der Waals surface area contributed by atoms with Crippen LogP contribution in [0.2, 0.25) is 0 Å². The molecule has 0 aromatic heterocycles. The van der Waals surface area contributed by atoms with Crippen LogP contribution in [0.5, 0.6) is 0 Å². The maximum atomic E-state index is 12.5. The van der Waals surface area contributed by atoms with E-state index in [4.69, 9.17) is 0 Å². The second-order valence-electron chi connectivity index (χ2n) is 7.66. The van der Waals surface area contributed by atoms with Crippen molar-refractivity contribution in [3.63, 3.8) is 0 Å². The Morgan fingerprint density at radius 1 is 1.03 bits per heavy atom. The molecular weight excluding hydrogens is 388 g/mol. The van der Waals surface area contributed by atoms with Gasteiger partial charge in [-0.3, -0.25) is 14.5 Å². The van der Waals surface area contributed by atoms with Gasteiger partial charge in [-0.1, -0.05) is 42.5 Å². The van der Waals surface area contributed by atoms with E-state index in [2.05, 4.69) is 15.5 Å². The molecule has 29 heavy (non-hydrogen) atoms. The summed E-state index contributed by atoms with van der Waals surface area (Å²) >= 11 is 0. The van der Waals surface area contributed by atoms with Gasteiger partial charge in [0, 0.05) is 45.3 Å². The average Bonchev–Trinajstić information content (AvgIpc) is 3.23.